The van der Waals surface area contributed by atoms with Gasteiger partial charge in [-0.1, -0.05) is 6.92 Å². The summed E-state index contributed by atoms with van der Waals surface area (Å²) in [5.41, 5.74) is 9.75. The predicted octanol–water partition coefficient (Wildman–Crippen LogP) is -1.68. The minimum Gasteiger partial charge on any atom is -0.387 e. The van der Waals surface area contributed by atoms with Crippen LogP contribution in [0.5, 0.6) is 0 Å². The third-order valence-corrected chi connectivity index (χ3v) is 0.920. The second-order valence-corrected chi connectivity index (χ2v) is 1.81. The van der Waals surface area contributed by atoms with Crippen LogP contribution in [0.3, 0.4) is 0 Å². The first-order chi connectivity index (χ1) is 3.48. The lowest BCUT2D eigenvalue weighted by atomic mass is 10.2. The first-order valence-electron chi connectivity index (χ1n) is 2.46. The van der Waals surface area contributed by atoms with E-state index < -0.39 is 12.0 Å². The van der Waals surface area contributed by atoms with Crippen LogP contribution in [-0.2, 0) is 0 Å². The van der Waals surface area contributed by atoms with Gasteiger partial charge in [0, 0.05) is 0 Å². The van der Waals surface area contributed by atoms with Crippen molar-refractivity contribution in [2.24, 2.45) is 11.5 Å². The van der Waals surface area contributed by atoms with Crippen molar-refractivity contribution < 1.29 is 10.2 Å². The van der Waals surface area contributed by atoms with E-state index in [2.05, 4.69) is 0 Å². The molecule has 0 saturated heterocycles. The fourth-order valence-corrected chi connectivity index (χ4v) is 0.327. The van der Waals surface area contributed by atoms with Crippen molar-refractivity contribution in [3.05, 3.63) is 0 Å². The molecule has 0 amide bonds. The summed E-state index contributed by atoms with van der Waals surface area (Å²) >= 11 is 0. The van der Waals surface area contributed by atoms with Crippen molar-refractivity contribution in [3.8, 4) is 0 Å². The first-order valence-corrected chi connectivity index (χ1v) is 2.46. The minimum atomic E-state index is -1.94. The number of hydrogen-bond acceptors (Lipinski definition) is 4. The molecular weight excluding hydrogens is 108 g/mol. The average molecular weight is 120 g/mol. The fraction of sp³-hybridized carbons (Fsp3) is 1.00. The number of aliphatic hydroxyl groups excluding tert-OH is 1. The van der Waals surface area contributed by atoms with E-state index >= 15 is 0 Å². The van der Waals surface area contributed by atoms with Gasteiger partial charge in [0.2, 0.25) is 0 Å². The summed E-state index contributed by atoms with van der Waals surface area (Å²) in [5.74, 6) is -1.94. The zero-order valence-corrected chi connectivity index (χ0v) is 4.83. The van der Waals surface area contributed by atoms with Crippen LogP contribution in [0.25, 0.3) is 0 Å². The Kier molecular flexibility index (Phi) is 2.36. The van der Waals surface area contributed by atoms with E-state index in [9.17, 15) is 0 Å². The van der Waals surface area contributed by atoms with Crippen molar-refractivity contribution in [2.75, 3.05) is 0 Å². The molecule has 50 valence electrons. The van der Waals surface area contributed by atoms with Gasteiger partial charge in [-0.2, -0.15) is 0 Å². The Hall–Kier alpha value is -0.160. The molecule has 1 atom stereocenters. The SMILES string of the molecule is CCC(O)C(N)(N)O. The van der Waals surface area contributed by atoms with E-state index in [-0.39, 0.29) is 0 Å². The van der Waals surface area contributed by atoms with Crippen molar-refractivity contribution in [1.29, 1.82) is 0 Å². The molecule has 0 aromatic rings. The first kappa shape index (κ1) is 7.84. The van der Waals surface area contributed by atoms with Gasteiger partial charge in [-0.15, -0.1) is 0 Å². The lowest BCUT2D eigenvalue weighted by molar-refractivity contribution is -0.0673. The third kappa shape index (κ3) is 2.23. The lowest BCUT2D eigenvalue weighted by Gasteiger charge is -2.21. The van der Waals surface area contributed by atoms with E-state index in [1.165, 1.54) is 0 Å². The standard InChI is InChI=1S/C4H12N2O2/c1-2-3(7)4(5,6)8/h3,7-8H,2,5-6H2,1H3. The molecule has 0 bridgehead atoms. The molecule has 0 aliphatic rings. The van der Waals surface area contributed by atoms with Gasteiger partial charge in [-0.25, -0.2) is 0 Å². The topological polar surface area (TPSA) is 92.5 Å². The van der Waals surface area contributed by atoms with Crippen LogP contribution in [-0.4, -0.2) is 22.2 Å². The predicted molar refractivity (Wildman–Crippen MR) is 29.6 cm³/mol. The maximum atomic E-state index is 8.69. The Balaban J connectivity index is 3.62. The highest BCUT2D eigenvalue weighted by Crippen LogP contribution is 1.97. The molecular formula is C4H12N2O2. The minimum absolute atomic E-state index is 0.351. The van der Waals surface area contributed by atoms with E-state index in [1.54, 1.807) is 6.92 Å². The van der Waals surface area contributed by atoms with Gasteiger partial charge in [-0.3, -0.25) is 11.5 Å². The van der Waals surface area contributed by atoms with E-state index in [0.29, 0.717) is 6.42 Å². The summed E-state index contributed by atoms with van der Waals surface area (Å²) in [7, 11) is 0. The van der Waals surface area contributed by atoms with Gasteiger partial charge >= 0.3 is 0 Å². The zero-order chi connectivity index (χ0) is 6.78. The van der Waals surface area contributed by atoms with Gasteiger partial charge < -0.3 is 10.2 Å². The number of aliphatic hydroxyl groups is 2. The van der Waals surface area contributed by atoms with Crippen LogP contribution in [0, 0.1) is 0 Å². The summed E-state index contributed by atoms with van der Waals surface area (Å²) in [6, 6.07) is 0. The van der Waals surface area contributed by atoms with E-state index in [0.717, 1.165) is 0 Å². The maximum absolute atomic E-state index is 8.69. The molecule has 0 aliphatic carbocycles. The van der Waals surface area contributed by atoms with Crippen LogP contribution in [0.15, 0.2) is 0 Å². The molecule has 0 fully saturated rings. The molecule has 8 heavy (non-hydrogen) atoms. The zero-order valence-electron chi connectivity index (χ0n) is 4.83. The highest BCUT2D eigenvalue weighted by atomic mass is 16.4. The molecule has 0 aromatic carbocycles. The van der Waals surface area contributed by atoms with Crippen LogP contribution >= 0.6 is 0 Å². The highest BCUT2D eigenvalue weighted by molar-refractivity contribution is 4.70. The molecule has 1 unspecified atom stereocenters. The largest absolute Gasteiger partial charge is 0.387 e. The van der Waals surface area contributed by atoms with Crippen molar-refractivity contribution in [2.45, 2.75) is 25.3 Å². The van der Waals surface area contributed by atoms with Crippen molar-refractivity contribution >= 4 is 0 Å². The Labute approximate surface area is 48.1 Å². The van der Waals surface area contributed by atoms with Crippen LogP contribution in [0.4, 0.5) is 0 Å². The van der Waals surface area contributed by atoms with Crippen molar-refractivity contribution in [3.63, 3.8) is 0 Å². The average Bonchev–Trinajstić information content (AvgIpc) is 1.62. The molecule has 0 aliphatic heterocycles. The normalized spacial score (nSPS) is 16.1. The second-order valence-electron chi connectivity index (χ2n) is 1.81. The quantitative estimate of drug-likeness (QED) is 0.327. The molecule has 0 saturated carbocycles. The summed E-state index contributed by atoms with van der Waals surface area (Å²) in [4.78, 5) is 0. The third-order valence-electron chi connectivity index (χ3n) is 0.920. The summed E-state index contributed by atoms with van der Waals surface area (Å²) in [6.07, 6.45) is -0.689. The smallest absolute Gasteiger partial charge is 0.193 e. The molecule has 0 spiro atoms. The van der Waals surface area contributed by atoms with Crippen LogP contribution in [0.2, 0.25) is 0 Å². The van der Waals surface area contributed by atoms with Gasteiger partial charge in [0.25, 0.3) is 0 Å². The van der Waals surface area contributed by atoms with Crippen LogP contribution < -0.4 is 11.5 Å². The summed E-state index contributed by atoms with van der Waals surface area (Å²) < 4.78 is 0. The fourth-order valence-electron chi connectivity index (χ4n) is 0.327. The molecule has 4 heteroatoms. The molecule has 0 aromatic heterocycles. The van der Waals surface area contributed by atoms with Gasteiger partial charge in [0.05, 0.1) is 0 Å². The Bertz CT molecular complexity index is 68.9. The number of nitrogens with two attached hydrogens (primary N) is 2. The highest BCUT2D eigenvalue weighted by Gasteiger charge is 2.23. The second kappa shape index (κ2) is 2.41. The van der Waals surface area contributed by atoms with E-state index in [4.69, 9.17) is 21.7 Å². The number of rotatable bonds is 2. The molecule has 0 rings (SSSR count). The lowest BCUT2D eigenvalue weighted by Crippen LogP contribution is -2.58. The molecule has 6 N–H and O–H groups in total. The molecule has 0 radical (unpaired) electrons. The van der Waals surface area contributed by atoms with Crippen LogP contribution in [0.1, 0.15) is 13.3 Å². The maximum Gasteiger partial charge on any atom is 0.193 e. The van der Waals surface area contributed by atoms with Gasteiger partial charge in [0.15, 0.2) is 5.85 Å². The Morgan fingerprint density at radius 1 is 1.62 bits per heavy atom. The Morgan fingerprint density at radius 3 is 2.00 bits per heavy atom. The Morgan fingerprint density at radius 2 is 2.00 bits per heavy atom. The summed E-state index contributed by atoms with van der Waals surface area (Å²) in [5, 5.41) is 17.3. The molecule has 0 heterocycles. The molecule has 4 nitrogen and oxygen atoms in total. The monoisotopic (exact) mass is 120 g/mol. The number of hydrogen-bond donors (Lipinski definition) is 4. The summed E-state index contributed by atoms with van der Waals surface area (Å²) in [6.45, 7) is 1.68. The van der Waals surface area contributed by atoms with E-state index in [1.807, 2.05) is 0 Å². The van der Waals surface area contributed by atoms with Gasteiger partial charge in [0.1, 0.15) is 6.10 Å². The van der Waals surface area contributed by atoms with Crippen molar-refractivity contribution in [1.82, 2.24) is 0 Å². The van der Waals surface area contributed by atoms with Gasteiger partial charge in [-0.05, 0) is 6.42 Å².